The normalized spacial score (nSPS) is 15.0. The molecule has 4 aromatic rings. The van der Waals surface area contributed by atoms with Crippen LogP contribution in [0.5, 0.6) is 0 Å². The molecule has 0 radical (unpaired) electrons. The fourth-order valence-electron chi connectivity index (χ4n) is 4.51. The van der Waals surface area contributed by atoms with Gasteiger partial charge in [0.1, 0.15) is 11.6 Å². The Labute approximate surface area is 208 Å². The van der Waals surface area contributed by atoms with Crippen molar-refractivity contribution in [2.24, 2.45) is 5.92 Å². The van der Waals surface area contributed by atoms with Gasteiger partial charge in [-0.3, -0.25) is 4.79 Å². The molecule has 0 saturated heterocycles. The minimum Gasteiger partial charge on any atom is -0.373 e. The lowest BCUT2D eigenvalue weighted by Gasteiger charge is -2.22. The molecule has 1 atom stereocenters. The molecule has 5 nitrogen and oxygen atoms in total. The molecule has 2 aromatic carbocycles. The van der Waals surface area contributed by atoms with Crippen molar-refractivity contribution in [2.45, 2.75) is 18.6 Å². The lowest BCUT2D eigenvalue weighted by molar-refractivity contribution is 0.0955. The van der Waals surface area contributed by atoms with E-state index in [0.29, 0.717) is 6.42 Å². The van der Waals surface area contributed by atoms with Gasteiger partial charge in [-0.2, -0.15) is 11.8 Å². The van der Waals surface area contributed by atoms with Crippen molar-refractivity contribution in [3.05, 3.63) is 95.6 Å². The second-order valence-corrected chi connectivity index (χ2v) is 9.77. The zero-order valence-corrected chi connectivity index (χ0v) is 20.3. The van der Waals surface area contributed by atoms with E-state index >= 15 is 0 Å². The number of nitrogens with zero attached hydrogens (tertiary/aromatic N) is 1. The first-order valence-electron chi connectivity index (χ1n) is 11.7. The molecular weight excluding hydrogens is 459 g/mol. The molecule has 7 heteroatoms. The summed E-state index contributed by atoms with van der Waals surface area (Å²) in [7, 11) is 1.84. The van der Waals surface area contributed by atoms with Gasteiger partial charge in [0.15, 0.2) is 5.78 Å². The fourth-order valence-corrected chi connectivity index (χ4v) is 5.62. The molecule has 1 aliphatic rings. The number of rotatable bonds is 8. The molecular formula is C28H27FN4OS. The summed E-state index contributed by atoms with van der Waals surface area (Å²) < 4.78 is 13.2. The number of hydrogen-bond acceptors (Lipinski definition) is 5. The van der Waals surface area contributed by atoms with Crippen LogP contribution in [0.25, 0.3) is 11.3 Å². The maximum Gasteiger partial charge on any atom is 0.167 e. The van der Waals surface area contributed by atoms with E-state index in [-0.39, 0.29) is 17.5 Å². The Bertz CT molecular complexity index is 1320. The molecule has 0 bridgehead atoms. The standard InChI is InChI=1S/C28H27FN4OS/c1-30-25-15-20(11-12-31-25)27-28(32-22-5-3-2-4-6-22)26-23(33-27)13-19(14-24(26)34)17-35-16-18-7-9-21(29)10-8-18/h2-12,15,19,32-33H,13-14,16-17H2,1H3,(H,30,31). The summed E-state index contributed by atoms with van der Waals surface area (Å²) in [6, 6.07) is 20.5. The predicted molar refractivity (Wildman–Crippen MR) is 142 cm³/mol. The van der Waals surface area contributed by atoms with Crippen LogP contribution in [0.4, 0.5) is 21.6 Å². The molecule has 0 saturated carbocycles. The van der Waals surface area contributed by atoms with Crippen molar-refractivity contribution < 1.29 is 9.18 Å². The summed E-state index contributed by atoms with van der Waals surface area (Å²) >= 11 is 1.79. The Balaban J connectivity index is 1.41. The smallest absolute Gasteiger partial charge is 0.167 e. The van der Waals surface area contributed by atoms with E-state index in [1.165, 1.54) is 12.1 Å². The number of para-hydroxylation sites is 1. The van der Waals surface area contributed by atoms with Crippen LogP contribution in [0.1, 0.15) is 28.0 Å². The molecule has 2 heterocycles. The van der Waals surface area contributed by atoms with Crippen molar-refractivity contribution in [3.8, 4) is 11.3 Å². The van der Waals surface area contributed by atoms with Gasteiger partial charge in [0.05, 0.1) is 16.9 Å². The van der Waals surface area contributed by atoms with Crippen LogP contribution in [0.15, 0.2) is 72.9 Å². The van der Waals surface area contributed by atoms with E-state index in [2.05, 4.69) is 20.6 Å². The van der Waals surface area contributed by atoms with Gasteiger partial charge in [-0.1, -0.05) is 30.3 Å². The van der Waals surface area contributed by atoms with Gasteiger partial charge in [0.25, 0.3) is 0 Å². The Morgan fingerprint density at radius 2 is 1.89 bits per heavy atom. The SMILES string of the molecule is CNc1cc(-c2[nH]c3c(c2Nc2ccccc2)C(=O)CC(CSCc2ccc(F)cc2)C3)ccn1. The third-order valence-corrected chi connectivity index (χ3v) is 7.45. The number of pyridine rings is 1. The molecule has 35 heavy (non-hydrogen) atoms. The molecule has 0 aliphatic heterocycles. The molecule has 1 aliphatic carbocycles. The Morgan fingerprint density at radius 1 is 1.09 bits per heavy atom. The quantitative estimate of drug-likeness (QED) is 0.259. The minimum atomic E-state index is -0.220. The highest BCUT2D eigenvalue weighted by molar-refractivity contribution is 7.98. The molecule has 2 aromatic heterocycles. The van der Waals surface area contributed by atoms with Crippen LogP contribution in [-0.4, -0.2) is 28.6 Å². The van der Waals surface area contributed by atoms with Gasteiger partial charge >= 0.3 is 0 Å². The summed E-state index contributed by atoms with van der Waals surface area (Å²) in [6.45, 7) is 0. The van der Waals surface area contributed by atoms with Gasteiger partial charge < -0.3 is 15.6 Å². The van der Waals surface area contributed by atoms with E-state index < -0.39 is 0 Å². The monoisotopic (exact) mass is 486 g/mol. The van der Waals surface area contributed by atoms with E-state index in [9.17, 15) is 9.18 Å². The highest BCUT2D eigenvalue weighted by Crippen LogP contribution is 2.41. The highest BCUT2D eigenvalue weighted by Gasteiger charge is 2.31. The number of benzene rings is 2. The maximum absolute atomic E-state index is 13.4. The number of halogens is 1. The topological polar surface area (TPSA) is 69.8 Å². The number of H-pyrrole nitrogens is 1. The lowest BCUT2D eigenvalue weighted by Crippen LogP contribution is -2.21. The number of Topliss-reactive ketones (excluding diaryl/α,β-unsaturated/α-hetero) is 1. The number of carbonyl (C=O) groups excluding carboxylic acids is 1. The summed E-state index contributed by atoms with van der Waals surface area (Å²) in [5, 5.41) is 6.59. The summed E-state index contributed by atoms with van der Waals surface area (Å²) in [4.78, 5) is 21.3. The van der Waals surface area contributed by atoms with Gasteiger partial charge in [-0.25, -0.2) is 9.37 Å². The van der Waals surface area contributed by atoms with Crippen LogP contribution < -0.4 is 10.6 Å². The minimum absolute atomic E-state index is 0.155. The Kier molecular flexibility index (Phi) is 6.86. The fraction of sp³-hybridized carbons (Fsp3) is 0.214. The molecule has 178 valence electrons. The maximum atomic E-state index is 13.4. The first kappa shape index (κ1) is 23.2. The van der Waals surface area contributed by atoms with Crippen molar-refractivity contribution in [3.63, 3.8) is 0 Å². The number of fused-ring (bicyclic) bond motifs is 1. The molecule has 3 N–H and O–H groups in total. The van der Waals surface area contributed by atoms with E-state index in [0.717, 1.165) is 63.2 Å². The first-order chi connectivity index (χ1) is 17.1. The van der Waals surface area contributed by atoms with Gasteiger partial charge in [-0.05, 0) is 60.1 Å². The van der Waals surface area contributed by atoms with Crippen molar-refractivity contribution in [2.75, 3.05) is 23.4 Å². The van der Waals surface area contributed by atoms with Crippen LogP contribution >= 0.6 is 11.8 Å². The van der Waals surface area contributed by atoms with E-state index in [1.807, 2.05) is 61.6 Å². The average Bonchev–Trinajstić information content (AvgIpc) is 3.24. The summed E-state index contributed by atoms with van der Waals surface area (Å²) in [6.07, 6.45) is 3.09. The van der Waals surface area contributed by atoms with Crippen LogP contribution in [-0.2, 0) is 12.2 Å². The van der Waals surface area contributed by atoms with Crippen LogP contribution in [0.3, 0.4) is 0 Å². The van der Waals surface area contributed by atoms with Gasteiger partial charge in [-0.15, -0.1) is 0 Å². The summed E-state index contributed by atoms with van der Waals surface area (Å²) in [5.41, 5.74) is 6.44. The zero-order valence-electron chi connectivity index (χ0n) is 19.5. The largest absolute Gasteiger partial charge is 0.373 e. The van der Waals surface area contributed by atoms with Crippen LogP contribution in [0.2, 0.25) is 0 Å². The number of nitrogens with one attached hydrogen (secondary N) is 3. The van der Waals surface area contributed by atoms with Crippen molar-refractivity contribution in [1.82, 2.24) is 9.97 Å². The lowest BCUT2D eigenvalue weighted by atomic mass is 9.87. The second-order valence-electron chi connectivity index (χ2n) is 8.74. The third-order valence-electron chi connectivity index (χ3n) is 6.21. The van der Waals surface area contributed by atoms with Gasteiger partial charge in [0, 0.05) is 42.4 Å². The van der Waals surface area contributed by atoms with E-state index in [4.69, 9.17) is 0 Å². The number of aromatic amines is 1. The molecule has 1 unspecified atom stereocenters. The number of ketones is 1. The number of anilines is 3. The molecule has 5 rings (SSSR count). The highest BCUT2D eigenvalue weighted by atomic mass is 32.2. The van der Waals surface area contributed by atoms with Crippen LogP contribution in [0, 0.1) is 11.7 Å². The first-order valence-corrected chi connectivity index (χ1v) is 12.8. The number of aromatic nitrogens is 2. The Morgan fingerprint density at radius 3 is 2.66 bits per heavy atom. The number of carbonyl (C=O) groups is 1. The summed E-state index contributed by atoms with van der Waals surface area (Å²) in [5.74, 6) is 2.63. The average molecular weight is 487 g/mol. The zero-order chi connectivity index (χ0) is 24.2. The van der Waals surface area contributed by atoms with E-state index in [1.54, 1.807) is 18.0 Å². The molecule has 0 spiro atoms. The second kappa shape index (κ2) is 10.4. The van der Waals surface area contributed by atoms with Crippen molar-refractivity contribution >= 4 is 34.7 Å². The van der Waals surface area contributed by atoms with Gasteiger partial charge in [0.2, 0.25) is 0 Å². The number of hydrogen-bond donors (Lipinski definition) is 3. The van der Waals surface area contributed by atoms with Crippen molar-refractivity contribution in [1.29, 1.82) is 0 Å². The molecule has 0 fully saturated rings. The number of thioether (sulfide) groups is 1. The third kappa shape index (κ3) is 5.25. The Hall–Kier alpha value is -3.58. The molecule has 0 amide bonds. The predicted octanol–water partition coefficient (Wildman–Crippen LogP) is 6.68.